The van der Waals surface area contributed by atoms with Crippen LogP contribution in [-0.4, -0.2) is 31.7 Å². The van der Waals surface area contributed by atoms with E-state index in [0.717, 1.165) is 59.6 Å². The van der Waals surface area contributed by atoms with Crippen LogP contribution in [0.15, 0.2) is 49.1 Å². The molecule has 0 fully saturated rings. The molecule has 0 aromatic carbocycles. The Morgan fingerprint density at radius 1 is 1.15 bits per heavy atom. The number of nitrogens with one attached hydrogen (secondary N) is 1. The third-order valence-corrected chi connectivity index (χ3v) is 8.68. The lowest BCUT2D eigenvalue weighted by Gasteiger charge is -2.13. The van der Waals surface area contributed by atoms with Crippen molar-refractivity contribution in [3.8, 4) is 10.6 Å². The zero-order valence-corrected chi connectivity index (χ0v) is 20.4. The van der Waals surface area contributed by atoms with Gasteiger partial charge in [0.15, 0.2) is 0 Å². The summed E-state index contributed by atoms with van der Waals surface area (Å²) in [5.74, 6) is 0.314. The molecule has 0 unspecified atom stereocenters. The van der Waals surface area contributed by atoms with Gasteiger partial charge in [0.05, 0.1) is 10.9 Å². The maximum absolute atomic E-state index is 13.0. The van der Waals surface area contributed by atoms with E-state index in [9.17, 15) is 4.79 Å². The number of ketones is 1. The molecule has 6 nitrogen and oxygen atoms in total. The molecular weight excluding hydrogens is 462 g/mol. The Bertz CT molecular complexity index is 1450. The van der Waals surface area contributed by atoms with Crippen LogP contribution in [0, 0.1) is 0 Å². The number of unbranched alkanes of at least 4 members (excludes halogenated alkanes) is 1. The third kappa shape index (κ3) is 4.17. The summed E-state index contributed by atoms with van der Waals surface area (Å²) in [6.07, 6.45) is 12.5. The van der Waals surface area contributed by atoms with Crippen molar-refractivity contribution in [1.29, 1.82) is 0 Å². The number of fused-ring (bicyclic) bond motifs is 3. The summed E-state index contributed by atoms with van der Waals surface area (Å²) < 4.78 is 3.27. The topological polar surface area (TPSA) is 72.2 Å². The minimum atomic E-state index is 0.314. The maximum Gasteiger partial charge on any atom is 0.138 e. The van der Waals surface area contributed by atoms with Crippen LogP contribution >= 0.6 is 22.7 Å². The van der Waals surface area contributed by atoms with Gasteiger partial charge >= 0.3 is 0 Å². The van der Waals surface area contributed by atoms with Crippen molar-refractivity contribution in [2.45, 2.75) is 45.1 Å². The molecule has 0 radical (unpaired) electrons. The lowest BCUT2D eigenvalue weighted by atomic mass is 10.00. The van der Waals surface area contributed by atoms with Crippen molar-refractivity contribution in [2.24, 2.45) is 0 Å². The smallest absolute Gasteiger partial charge is 0.138 e. The number of carbonyl (C=O) groups is 1. The molecule has 0 saturated carbocycles. The standard InChI is InChI=1S/C26H25N5OS2/c32-18(6-2-1-5-17-14-29-24-7-3-4-12-31(17)24)13-22-25(19-8-10-28-16-23(19)33-22)26-30-20-15-27-11-9-21(20)34-26/h3-4,7,9,11-12,14-15,28H,1-2,5-6,8,10,13,16H2. The van der Waals surface area contributed by atoms with Gasteiger partial charge in [0.25, 0.3) is 0 Å². The fraction of sp³-hybridized carbons (Fsp3) is 0.308. The predicted octanol–water partition coefficient (Wildman–Crippen LogP) is 5.24. The van der Waals surface area contributed by atoms with Gasteiger partial charge in [0, 0.05) is 59.0 Å². The quantitative estimate of drug-likeness (QED) is 0.303. The molecular formula is C26H25N5OS2. The number of hydrogen-bond acceptors (Lipinski definition) is 7. The summed E-state index contributed by atoms with van der Waals surface area (Å²) in [7, 11) is 0. The minimum Gasteiger partial charge on any atom is -0.312 e. The van der Waals surface area contributed by atoms with Crippen LogP contribution in [0.5, 0.6) is 0 Å². The lowest BCUT2D eigenvalue weighted by molar-refractivity contribution is -0.118. The van der Waals surface area contributed by atoms with Crippen molar-refractivity contribution < 1.29 is 4.79 Å². The predicted molar refractivity (Wildman–Crippen MR) is 138 cm³/mol. The highest BCUT2D eigenvalue weighted by molar-refractivity contribution is 7.22. The monoisotopic (exact) mass is 487 g/mol. The van der Waals surface area contributed by atoms with Gasteiger partial charge in [-0.05, 0) is 56.0 Å². The second-order valence-corrected chi connectivity index (χ2v) is 10.9. The summed E-state index contributed by atoms with van der Waals surface area (Å²) in [5, 5.41) is 4.50. The Morgan fingerprint density at radius 2 is 2.12 bits per heavy atom. The van der Waals surface area contributed by atoms with E-state index in [1.165, 1.54) is 26.6 Å². The van der Waals surface area contributed by atoms with Gasteiger partial charge in [-0.2, -0.15) is 0 Å². The van der Waals surface area contributed by atoms with Crippen LogP contribution in [-0.2, 0) is 30.6 Å². The molecule has 5 aromatic rings. The fourth-order valence-corrected chi connectivity index (χ4v) is 7.17. The van der Waals surface area contributed by atoms with Crippen LogP contribution < -0.4 is 5.32 Å². The molecule has 0 amide bonds. The van der Waals surface area contributed by atoms with Crippen molar-refractivity contribution in [3.63, 3.8) is 0 Å². The highest BCUT2D eigenvalue weighted by Crippen LogP contribution is 2.41. The molecule has 0 spiro atoms. The summed E-state index contributed by atoms with van der Waals surface area (Å²) in [4.78, 5) is 29.1. The third-order valence-electron chi connectivity index (χ3n) is 6.39. The number of hydrogen-bond donors (Lipinski definition) is 1. The van der Waals surface area contributed by atoms with Crippen LogP contribution in [0.3, 0.4) is 0 Å². The molecule has 1 aliphatic heterocycles. The van der Waals surface area contributed by atoms with Crippen molar-refractivity contribution >= 4 is 44.3 Å². The molecule has 0 atom stereocenters. The summed E-state index contributed by atoms with van der Waals surface area (Å²) >= 11 is 3.50. The highest BCUT2D eigenvalue weighted by Gasteiger charge is 2.25. The van der Waals surface area contributed by atoms with Gasteiger partial charge in [0.1, 0.15) is 22.0 Å². The second-order valence-electron chi connectivity index (χ2n) is 8.69. The Kier molecular flexibility index (Phi) is 5.95. The molecule has 1 N–H and O–H groups in total. The molecule has 8 heteroatoms. The largest absolute Gasteiger partial charge is 0.312 e. The van der Waals surface area contributed by atoms with Crippen molar-refractivity contribution in [1.82, 2.24) is 24.7 Å². The molecule has 0 bridgehead atoms. The van der Waals surface area contributed by atoms with Gasteiger partial charge in [-0.15, -0.1) is 22.7 Å². The van der Waals surface area contributed by atoms with Gasteiger partial charge in [-0.25, -0.2) is 9.97 Å². The Morgan fingerprint density at radius 3 is 3.06 bits per heavy atom. The van der Waals surface area contributed by atoms with E-state index in [1.54, 1.807) is 22.7 Å². The highest BCUT2D eigenvalue weighted by atomic mass is 32.1. The van der Waals surface area contributed by atoms with Crippen LogP contribution in [0.1, 0.15) is 40.3 Å². The zero-order valence-electron chi connectivity index (χ0n) is 18.8. The van der Waals surface area contributed by atoms with E-state index in [0.29, 0.717) is 18.6 Å². The van der Waals surface area contributed by atoms with E-state index in [4.69, 9.17) is 4.98 Å². The number of pyridine rings is 2. The Hall–Kier alpha value is -2.94. The van der Waals surface area contributed by atoms with Crippen molar-refractivity contribution in [3.05, 3.63) is 70.1 Å². The van der Waals surface area contributed by atoms with E-state index in [2.05, 4.69) is 25.9 Å². The zero-order chi connectivity index (χ0) is 22.9. The number of aromatic nitrogens is 4. The first-order valence-corrected chi connectivity index (χ1v) is 13.4. The van der Waals surface area contributed by atoms with Crippen LogP contribution in [0.2, 0.25) is 0 Å². The van der Waals surface area contributed by atoms with Crippen LogP contribution in [0.25, 0.3) is 26.4 Å². The average molecular weight is 488 g/mol. The summed E-state index contributed by atoms with van der Waals surface area (Å²) in [5.41, 5.74) is 5.70. The number of nitrogens with zero attached hydrogens (tertiary/aromatic N) is 4. The number of imidazole rings is 1. The second kappa shape index (κ2) is 9.37. The molecule has 5 aromatic heterocycles. The molecule has 1 aliphatic rings. The first kappa shape index (κ1) is 21.6. The number of thiazole rings is 1. The number of rotatable bonds is 8. The van der Waals surface area contributed by atoms with E-state index < -0.39 is 0 Å². The SMILES string of the molecule is O=C(CCCCc1cnc2ccccn12)Cc1sc2c(c1-c1nc3cnccc3s1)CCNC2. The Labute approximate surface area is 205 Å². The lowest BCUT2D eigenvalue weighted by Crippen LogP contribution is -2.22. The molecule has 172 valence electrons. The fourth-order valence-electron chi connectivity index (χ4n) is 4.72. The van der Waals surface area contributed by atoms with Gasteiger partial charge in [0.2, 0.25) is 0 Å². The summed E-state index contributed by atoms with van der Waals surface area (Å²) in [6.45, 7) is 1.85. The van der Waals surface area contributed by atoms with Gasteiger partial charge in [-0.3, -0.25) is 9.78 Å². The molecule has 34 heavy (non-hydrogen) atoms. The number of aryl methyl sites for hydroxylation is 1. The van der Waals surface area contributed by atoms with E-state index >= 15 is 0 Å². The normalized spacial score (nSPS) is 13.5. The number of Topliss-reactive ketones (excluding diaryl/α,β-unsaturated/α-hetero) is 1. The first-order chi connectivity index (χ1) is 16.8. The average Bonchev–Trinajstić information content (AvgIpc) is 3.56. The van der Waals surface area contributed by atoms with Gasteiger partial charge < -0.3 is 9.72 Å². The minimum absolute atomic E-state index is 0.314. The van der Waals surface area contributed by atoms with Crippen LogP contribution in [0.4, 0.5) is 0 Å². The molecule has 6 rings (SSSR count). The first-order valence-electron chi connectivity index (χ1n) is 11.7. The number of thiophene rings is 1. The van der Waals surface area contributed by atoms with Gasteiger partial charge in [-0.1, -0.05) is 6.07 Å². The molecule has 0 aliphatic carbocycles. The maximum atomic E-state index is 13.0. The van der Waals surface area contributed by atoms with Crippen molar-refractivity contribution in [2.75, 3.05) is 6.54 Å². The summed E-state index contributed by atoms with van der Waals surface area (Å²) in [6, 6.07) is 8.06. The van der Waals surface area contributed by atoms with E-state index in [-0.39, 0.29) is 0 Å². The Balaban J connectivity index is 1.16. The number of carbonyl (C=O) groups excluding carboxylic acids is 1. The molecule has 0 saturated heterocycles. The van der Waals surface area contributed by atoms with E-state index in [1.807, 2.05) is 42.9 Å². The molecule has 6 heterocycles.